The molecule has 0 saturated heterocycles. The molecule has 0 atom stereocenters. The molecule has 0 spiro atoms. The van der Waals surface area contributed by atoms with E-state index in [2.05, 4.69) is 24.1 Å². The quantitative estimate of drug-likeness (QED) is 0.911. The third-order valence-electron chi connectivity index (χ3n) is 3.17. The van der Waals surface area contributed by atoms with Crippen molar-refractivity contribution in [2.24, 2.45) is 0 Å². The van der Waals surface area contributed by atoms with Gasteiger partial charge >= 0.3 is 0 Å². The number of rotatable bonds is 5. The SMILES string of the molecule is Cc1ncc(CNC(C)C)n1Cc1ccc(F)cc1F. The maximum Gasteiger partial charge on any atom is 0.131 e. The molecule has 108 valence electrons. The number of aryl methyl sites for hydroxylation is 1. The zero-order valence-electron chi connectivity index (χ0n) is 12.0. The first-order valence-electron chi connectivity index (χ1n) is 6.65. The minimum absolute atomic E-state index is 0.354. The normalized spacial score (nSPS) is 11.3. The fourth-order valence-electron chi connectivity index (χ4n) is 2.00. The van der Waals surface area contributed by atoms with Gasteiger partial charge in [-0.2, -0.15) is 0 Å². The largest absolute Gasteiger partial charge is 0.326 e. The number of nitrogens with one attached hydrogen (secondary N) is 1. The lowest BCUT2D eigenvalue weighted by molar-refractivity contribution is 0.545. The molecule has 0 radical (unpaired) electrons. The molecule has 0 aliphatic carbocycles. The van der Waals surface area contributed by atoms with Crippen LogP contribution in [0.2, 0.25) is 0 Å². The standard InChI is InChI=1S/C15H19F2N3/c1-10(2)18-7-14-8-19-11(3)20(14)9-12-4-5-13(16)6-15(12)17/h4-6,8,10,18H,7,9H2,1-3H3. The molecule has 0 unspecified atom stereocenters. The van der Waals surface area contributed by atoms with Crippen LogP contribution in [0.25, 0.3) is 0 Å². The molecular formula is C15H19F2N3. The van der Waals surface area contributed by atoms with Crippen LogP contribution in [0.5, 0.6) is 0 Å². The van der Waals surface area contributed by atoms with Gasteiger partial charge in [0.15, 0.2) is 0 Å². The average molecular weight is 279 g/mol. The Morgan fingerprint density at radius 1 is 1.30 bits per heavy atom. The number of aromatic nitrogens is 2. The molecule has 3 nitrogen and oxygen atoms in total. The van der Waals surface area contributed by atoms with Crippen LogP contribution in [0, 0.1) is 18.6 Å². The zero-order chi connectivity index (χ0) is 14.7. The fourth-order valence-corrected chi connectivity index (χ4v) is 2.00. The lowest BCUT2D eigenvalue weighted by Crippen LogP contribution is -2.24. The highest BCUT2D eigenvalue weighted by Crippen LogP contribution is 2.14. The zero-order valence-corrected chi connectivity index (χ0v) is 12.0. The van der Waals surface area contributed by atoms with Crippen LogP contribution in [0.15, 0.2) is 24.4 Å². The maximum absolute atomic E-state index is 13.7. The summed E-state index contributed by atoms with van der Waals surface area (Å²) < 4.78 is 28.6. The summed E-state index contributed by atoms with van der Waals surface area (Å²) in [6.45, 7) is 7.02. The Hall–Kier alpha value is -1.75. The fraction of sp³-hybridized carbons (Fsp3) is 0.400. The molecule has 2 rings (SSSR count). The molecule has 1 aromatic heterocycles. The van der Waals surface area contributed by atoms with Crippen LogP contribution < -0.4 is 5.32 Å². The molecule has 20 heavy (non-hydrogen) atoms. The van der Waals surface area contributed by atoms with Crippen LogP contribution in [0.1, 0.15) is 30.9 Å². The van der Waals surface area contributed by atoms with E-state index in [1.807, 2.05) is 11.5 Å². The van der Waals surface area contributed by atoms with Gasteiger partial charge in [0, 0.05) is 30.4 Å². The van der Waals surface area contributed by atoms with Gasteiger partial charge in [-0.1, -0.05) is 19.9 Å². The van der Waals surface area contributed by atoms with Crippen molar-refractivity contribution < 1.29 is 8.78 Å². The molecule has 2 aromatic rings. The van der Waals surface area contributed by atoms with E-state index in [4.69, 9.17) is 0 Å². The molecule has 0 fully saturated rings. The monoisotopic (exact) mass is 279 g/mol. The van der Waals surface area contributed by atoms with Gasteiger partial charge in [-0.3, -0.25) is 0 Å². The first kappa shape index (κ1) is 14.7. The molecule has 5 heteroatoms. The van der Waals surface area contributed by atoms with Crippen molar-refractivity contribution in [1.29, 1.82) is 0 Å². The van der Waals surface area contributed by atoms with Gasteiger partial charge < -0.3 is 9.88 Å². The molecule has 0 amide bonds. The summed E-state index contributed by atoms with van der Waals surface area (Å²) in [5.41, 5.74) is 1.44. The minimum atomic E-state index is -0.560. The predicted octanol–water partition coefficient (Wildman–Crippen LogP) is 3.02. The number of imidazole rings is 1. The highest BCUT2D eigenvalue weighted by atomic mass is 19.1. The second-order valence-corrected chi connectivity index (χ2v) is 5.15. The van der Waals surface area contributed by atoms with E-state index < -0.39 is 11.6 Å². The third kappa shape index (κ3) is 3.42. The third-order valence-corrected chi connectivity index (χ3v) is 3.17. The lowest BCUT2D eigenvalue weighted by atomic mass is 10.2. The van der Waals surface area contributed by atoms with Gasteiger partial charge in [-0.05, 0) is 13.0 Å². The van der Waals surface area contributed by atoms with Crippen LogP contribution in [-0.4, -0.2) is 15.6 Å². The first-order chi connectivity index (χ1) is 9.47. The Labute approximate surface area is 117 Å². The topological polar surface area (TPSA) is 29.9 Å². The van der Waals surface area contributed by atoms with Gasteiger partial charge in [-0.25, -0.2) is 13.8 Å². The highest BCUT2D eigenvalue weighted by Gasteiger charge is 2.10. The summed E-state index contributed by atoms with van der Waals surface area (Å²) in [5, 5.41) is 3.31. The van der Waals surface area contributed by atoms with Gasteiger partial charge in [0.1, 0.15) is 17.5 Å². The predicted molar refractivity (Wildman–Crippen MR) is 74.4 cm³/mol. The Balaban J connectivity index is 2.22. The minimum Gasteiger partial charge on any atom is -0.326 e. The molecule has 1 N–H and O–H groups in total. The van der Waals surface area contributed by atoms with Crippen molar-refractivity contribution in [2.75, 3.05) is 0 Å². The first-order valence-corrected chi connectivity index (χ1v) is 6.65. The Bertz CT molecular complexity index is 591. The average Bonchev–Trinajstić information content (AvgIpc) is 2.71. The van der Waals surface area contributed by atoms with Crippen LogP contribution in [0.3, 0.4) is 0 Å². The van der Waals surface area contributed by atoms with E-state index in [1.165, 1.54) is 12.1 Å². The summed E-state index contributed by atoms with van der Waals surface area (Å²) in [7, 11) is 0. The summed E-state index contributed by atoms with van der Waals surface area (Å²) in [6, 6.07) is 4.02. The Morgan fingerprint density at radius 3 is 2.70 bits per heavy atom. The molecule has 0 aliphatic heterocycles. The second kappa shape index (κ2) is 6.13. The number of nitrogens with zero attached hydrogens (tertiary/aromatic N) is 2. The van der Waals surface area contributed by atoms with Gasteiger partial charge in [0.05, 0.1) is 12.2 Å². The molecule has 0 aliphatic rings. The van der Waals surface area contributed by atoms with E-state index in [-0.39, 0.29) is 0 Å². The van der Waals surface area contributed by atoms with E-state index >= 15 is 0 Å². The molecular weight excluding hydrogens is 260 g/mol. The van der Waals surface area contributed by atoms with Gasteiger partial charge in [0.25, 0.3) is 0 Å². The van der Waals surface area contributed by atoms with Crippen molar-refractivity contribution >= 4 is 0 Å². The van der Waals surface area contributed by atoms with E-state index in [0.29, 0.717) is 24.7 Å². The van der Waals surface area contributed by atoms with Gasteiger partial charge in [-0.15, -0.1) is 0 Å². The summed E-state index contributed by atoms with van der Waals surface area (Å²) in [6.07, 6.45) is 1.78. The molecule has 0 saturated carbocycles. The number of hydrogen-bond donors (Lipinski definition) is 1. The van der Waals surface area contributed by atoms with Crippen molar-refractivity contribution in [2.45, 2.75) is 39.9 Å². The van der Waals surface area contributed by atoms with Gasteiger partial charge in [0.2, 0.25) is 0 Å². The number of halogens is 2. The number of benzene rings is 1. The van der Waals surface area contributed by atoms with Crippen molar-refractivity contribution in [3.05, 3.63) is 53.1 Å². The van der Waals surface area contributed by atoms with Crippen LogP contribution >= 0.6 is 0 Å². The maximum atomic E-state index is 13.7. The summed E-state index contributed by atoms with van der Waals surface area (Å²) >= 11 is 0. The van der Waals surface area contributed by atoms with E-state index in [1.54, 1.807) is 6.20 Å². The van der Waals surface area contributed by atoms with Crippen molar-refractivity contribution in [3.63, 3.8) is 0 Å². The molecule has 1 heterocycles. The second-order valence-electron chi connectivity index (χ2n) is 5.15. The highest BCUT2D eigenvalue weighted by molar-refractivity contribution is 5.20. The Kier molecular flexibility index (Phi) is 4.49. The number of hydrogen-bond acceptors (Lipinski definition) is 2. The van der Waals surface area contributed by atoms with Crippen molar-refractivity contribution in [1.82, 2.24) is 14.9 Å². The summed E-state index contributed by atoms with van der Waals surface area (Å²) in [5.74, 6) is -0.273. The Morgan fingerprint density at radius 2 is 2.05 bits per heavy atom. The van der Waals surface area contributed by atoms with E-state index in [0.717, 1.165) is 17.6 Å². The van der Waals surface area contributed by atoms with Crippen molar-refractivity contribution in [3.8, 4) is 0 Å². The van der Waals surface area contributed by atoms with Crippen LogP contribution in [0.4, 0.5) is 8.78 Å². The molecule has 1 aromatic carbocycles. The summed E-state index contributed by atoms with van der Waals surface area (Å²) in [4.78, 5) is 4.26. The van der Waals surface area contributed by atoms with E-state index in [9.17, 15) is 8.78 Å². The van der Waals surface area contributed by atoms with Crippen LogP contribution in [-0.2, 0) is 13.1 Å². The molecule has 0 bridgehead atoms. The smallest absolute Gasteiger partial charge is 0.131 e. The lowest BCUT2D eigenvalue weighted by Gasteiger charge is -2.13.